The number of hydrogen-bond donors (Lipinski definition) is 1. The number of carbonyl (C=O) groups excluding carboxylic acids is 1. The van der Waals surface area contributed by atoms with Crippen LogP contribution < -0.4 is 4.74 Å². The second-order valence-electron chi connectivity index (χ2n) is 6.52. The lowest BCUT2D eigenvalue weighted by Crippen LogP contribution is -2.41. The number of rotatable bonds is 6. The van der Waals surface area contributed by atoms with Gasteiger partial charge in [0, 0.05) is 13.6 Å². The smallest absolute Gasteiger partial charge is 0.335 e. The quantitative estimate of drug-likeness (QED) is 0.875. The molecule has 2 aromatic rings. The van der Waals surface area contributed by atoms with Crippen LogP contribution in [0.25, 0.3) is 0 Å². The summed E-state index contributed by atoms with van der Waals surface area (Å²) in [6.45, 7) is 4.20. The number of aromatic carboxylic acids is 1. The summed E-state index contributed by atoms with van der Waals surface area (Å²) in [6, 6.07) is 14.0. The van der Waals surface area contributed by atoms with Crippen LogP contribution in [0.15, 0.2) is 48.5 Å². The van der Waals surface area contributed by atoms with Gasteiger partial charge in [-0.05, 0) is 49.2 Å². The normalized spacial score (nSPS) is 11.0. The molecule has 0 aliphatic rings. The van der Waals surface area contributed by atoms with Gasteiger partial charge in [0.25, 0.3) is 0 Å². The fourth-order valence-electron chi connectivity index (χ4n) is 2.71. The van der Waals surface area contributed by atoms with Crippen LogP contribution in [0, 0.1) is 0 Å². The van der Waals surface area contributed by atoms with Crippen molar-refractivity contribution in [3.8, 4) is 5.75 Å². The van der Waals surface area contributed by atoms with Gasteiger partial charge in [0.05, 0.1) is 18.1 Å². The first kappa shape index (κ1) is 18.5. The average molecular weight is 341 g/mol. The first-order chi connectivity index (χ1) is 11.8. The highest BCUT2D eigenvalue weighted by atomic mass is 16.5. The van der Waals surface area contributed by atoms with Gasteiger partial charge in [0.1, 0.15) is 5.75 Å². The van der Waals surface area contributed by atoms with E-state index in [4.69, 9.17) is 9.84 Å². The molecule has 25 heavy (non-hydrogen) atoms. The van der Waals surface area contributed by atoms with Crippen LogP contribution in [-0.2, 0) is 16.8 Å². The third-order valence-electron chi connectivity index (χ3n) is 4.31. The number of methoxy groups -OCH3 is 1. The zero-order valence-corrected chi connectivity index (χ0v) is 14.9. The maximum absolute atomic E-state index is 12.9. The molecule has 2 aromatic carbocycles. The van der Waals surface area contributed by atoms with Crippen molar-refractivity contribution >= 4 is 11.9 Å². The van der Waals surface area contributed by atoms with Crippen molar-refractivity contribution in [2.45, 2.75) is 25.8 Å². The van der Waals surface area contributed by atoms with Gasteiger partial charge in [-0.3, -0.25) is 4.79 Å². The molecule has 0 aliphatic heterocycles. The van der Waals surface area contributed by atoms with Gasteiger partial charge in [0.15, 0.2) is 0 Å². The molecule has 0 atom stereocenters. The molecule has 0 bridgehead atoms. The second-order valence-corrected chi connectivity index (χ2v) is 6.52. The minimum Gasteiger partial charge on any atom is -0.497 e. The fourth-order valence-corrected chi connectivity index (χ4v) is 2.71. The first-order valence-electron chi connectivity index (χ1n) is 7.98. The topological polar surface area (TPSA) is 66.8 Å². The van der Waals surface area contributed by atoms with Crippen LogP contribution in [0.1, 0.15) is 35.3 Å². The molecule has 132 valence electrons. The van der Waals surface area contributed by atoms with Crippen LogP contribution >= 0.6 is 0 Å². The second kappa shape index (κ2) is 7.38. The third kappa shape index (κ3) is 4.18. The summed E-state index contributed by atoms with van der Waals surface area (Å²) in [5.74, 6) is -0.226. The molecule has 1 N–H and O–H groups in total. The van der Waals surface area contributed by atoms with E-state index in [0.29, 0.717) is 6.54 Å². The van der Waals surface area contributed by atoms with Crippen LogP contribution in [0.5, 0.6) is 5.75 Å². The Morgan fingerprint density at radius 3 is 2.08 bits per heavy atom. The summed E-state index contributed by atoms with van der Waals surface area (Å²) in [7, 11) is 3.35. The Morgan fingerprint density at radius 2 is 1.60 bits per heavy atom. The molecule has 2 rings (SSSR count). The van der Waals surface area contributed by atoms with Gasteiger partial charge in [-0.2, -0.15) is 0 Å². The van der Waals surface area contributed by atoms with E-state index in [1.165, 1.54) is 0 Å². The molecular weight excluding hydrogens is 318 g/mol. The van der Waals surface area contributed by atoms with E-state index in [0.717, 1.165) is 16.9 Å². The lowest BCUT2D eigenvalue weighted by Gasteiger charge is -2.30. The zero-order valence-electron chi connectivity index (χ0n) is 14.9. The van der Waals surface area contributed by atoms with Gasteiger partial charge < -0.3 is 14.7 Å². The molecule has 5 nitrogen and oxygen atoms in total. The summed E-state index contributed by atoms with van der Waals surface area (Å²) in [4.78, 5) is 25.5. The number of benzene rings is 2. The lowest BCUT2D eigenvalue weighted by atomic mass is 9.83. The van der Waals surface area contributed by atoms with Crippen LogP contribution in [0.2, 0.25) is 0 Å². The largest absolute Gasteiger partial charge is 0.497 e. The van der Waals surface area contributed by atoms with Crippen LogP contribution in [-0.4, -0.2) is 36.0 Å². The molecule has 1 amide bonds. The number of amides is 1. The van der Waals surface area contributed by atoms with E-state index in [-0.39, 0.29) is 11.5 Å². The number of likely N-dealkylation sites (N-methyl/N-ethyl adjacent to an activating group) is 1. The van der Waals surface area contributed by atoms with E-state index in [9.17, 15) is 9.59 Å². The Balaban J connectivity index is 2.12. The molecule has 0 spiro atoms. The monoisotopic (exact) mass is 341 g/mol. The predicted molar refractivity (Wildman–Crippen MR) is 95.9 cm³/mol. The van der Waals surface area contributed by atoms with Crippen LogP contribution in [0.4, 0.5) is 0 Å². The molecule has 0 saturated carbocycles. The van der Waals surface area contributed by atoms with E-state index >= 15 is 0 Å². The Bertz CT molecular complexity index is 748. The van der Waals surface area contributed by atoms with E-state index in [2.05, 4.69) is 0 Å². The number of hydrogen-bond acceptors (Lipinski definition) is 3. The van der Waals surface area contributed by atoms with Gasteiger partial charge >= 0.3 is 5.97 Å². The minimum atomic E-state index is -0.961. The summed E-state index contributed by atoms with van der Waals surface area (Å²) in [5, 5.41) is 8.94. The highest BCUT2D eigenvalue weighted by Gasteiger charge is 2.32. The fraction of sp³-hybridized carbons (Fsp3) is 0.300. The zero-order chi connectivity index (χ0) is 18.6. The van der Waals surface area contributed by atoms with Crippen molar-refractivity contribution in [2.24, 2.45) is 0 Å². The summed E-state index contributed by atoms with van der Waals surface area (Å²) < 4.78 is 5.16. The third-order valence-corrected chi connectivity index (χ3v) is 4.31. The van der Waals surface area contributed by atoms with Crippen molar-refractivity contribution in [3.05, 3.63) is 65.2 Å². The van der Waals surface area contributed by atoms with E-state index in [1.807, 2.05) is 38.1 Å². The number of carbonyl (C=O) groups is 2. The van der Waals surface area contributed by atoms with Crippen LogP contribution in [0.3, 0.4) is 0 Å². The van der Waals surface area contributed by atoms with Gasteiger partial charge in [-0.25, -0.2) is 4.79 Å². The SMILES string of the molecule is COc1ccc(C(C)(C)C(=O)N(C)Cc2ccc(C(=O)O)cc2)cc1. The average Bonchev–Trinajstić information content (AvgIpc) is 2.61. The minimum absolute atomic E-state index is 0.0139. The Kier molecular flexibility index (Phi) is 5.47. The molecule has 0 radical (unpaired) electrons. The van der Waals surface area contributed by atoms with E-state index < -0.39 is 11.4 Å². The first-order valence-corrected chi connectivity index (χ1v) is 7.98. The predicted octanol–water partition coefficient (Wildman–Crippen LogP) is 3.33. The van der Waals surface area contributed by atoms with Crippen molar-refractivity contribution < 1.29 is 19.4 Å². The highest BCUT2D eigenvalue weighted by molar-refractivity contribution is 5.88. The van der Waals surface area contributed by atoms with Gasteiger partial charge in [-0.1, -0.05) is 24.3 Å². The lowest BCUT2D eigenvalue weighted by molar-refractivity contribution is -0.135. The molecule has 0 aromatic heterocycles. The van der Waals surface area contributed by atoms with E-state index in [1.54, 1.807) is 43.3 Å². The maximum Gasteiger partial charge on any atom is 0.335 e. The molecule has 0 aliphatic carbocycles. The summed E-state index contributed by atoms with van der Waals surface area (Å²) >= 11 is 0. The van der Waals surface area contributed by atoms with Crippen molar-refractivity contribution in [1.82, 2.24) is 4.90 Å². The highest BCUT2D eigenvalue weighted by Crippen LogP contribution is 2.27. The number of carboxylic acids is 1. The van der Waals surface area contributed by atoms with Gasteiger partial charge in [-0.15, -0.1) is 0 Å². The van der Waals surface area contributed by atoms with Gasteiger partial charge in [0.2, 0.25) is 5.91 Å². The summed E-state index contributed by atoms with van der Waals surface area (Å²) in [5.41, 5.74) is 1.34. The molecule has 0 unspecified atom stereocenters. The molecule has 5 heteroatoms. The molecule has 0 fully saturated rings. The van der Waals surface area contributed by atoms with Crippen molar-refractivity contribution in [3.63, 3.8) is 0 Å². The molecule has 0 saturated heterocycles. The van der Waals surface area contributed by atoms with Crippen molar-refractivity contribution in [2.75, 3.05) is 14.2 Å². The number of nitrogens with zero attached hydrogens (tertiary/aromatic N) is 1. The Morgan fingerprint density at radius 1 is 1.04 bits per heavy atom. The molecular formula is C20H23NO4. The molecule has 0 heterocycles. The Labute approximate surface area is 147 Å². The number of carboxylic acid groups (broad SMARTS) is 1. The maximum atomic E-state index is 12.9. The summed E-state index contributed by atoms with van der Waals surface area (Å²) in [6.07, 6.45) is 0. The number of ether oxygens (including phenoxy) is 1. The standard InChI is InChI=1S/C20H23NO4/c1-20(2,16-9-11-17(25-4)12-10-16)19(24)21(3)13-14-5-7-15(8-6-14)18(22)23/h5-12H,13H2,1-4H3,(H,22,23). The Hall–Kier alpha value is -2.82. The van der Waals surface area contributed by atoms with Crippen molar-refractivity contribution in [1.29, 1.82) is 0 Å².